The van der Waals surface area contributed by atoms with Gasteiger partial charge in [-0.25, -0.2) is 8.78 Å². The van der Waals surface area contributed by atoms with Crippen molar-refractivity contribution in [2.45, 2.75) is 32.2 Å². The van der Waals surface area contributed by atoms with Gasteiger partial charge in [-0.2, -0.15) is 0 Å². The molecule has 0 N–H and O–H groups in total. The molecule has 0 aliphatic carbocycles. The third kappa shape index (κ3) is 3.23. The van der Waals surface area contributed by atoms with Crippen LogP contribution in [0.15, 0.2) is 18.2 Å². The summed E-state index contributed by atoms with van der Waals surface area (Å²) >= 11 is 0. The Morgan fingerprint density at radius 3 is 2.48 bits per heavy atom. The van der Waals surface area contributed by atoms with E-state index in [0.29, 0.717) is 18.7 Å². The molecule has 3 nitrogen and oxygen atoms in total. The Hall–Kier alpha value is -1.49. The summed E-state index contributed by atoms with van der Waals surface area (Å²) in [4.78, 5) is 14.1. The minimum absolute atomic E-state index is 0.127. The van der Waals surface area contributed by atoms with Crippen molar-refractivity contribution in [2.75, 3.05) is 20.2 Å². The Labute approximate surface area is 123 Å². The van der Waals surface area contributed by atoms with Crippen molar-refractivity contribution in [3.8, 4) is 0 Å². The average Bonchev–Trinajstić information content (AvgIpc) is 2.82. The summed E-state index contributed by atoms with van der Waals surface area (Å²) < 4.78 is 32.0. The lowest BCUT2D eigenvalue weighted by Crippen LogP contribution is -2.40. The lowest BCUT2D eigenvalue weighted by Gasteiger charge is -2.31. The molecule has 0 bridgehead atoms. The normalized spacial score (nSPS) is 23.3. The van der Waals surface area contributed by atoms with Crippen LogP contribution in [-0.4, -0.2) is 36.6 Å². The molecule has 1 aromatic carbocycles. The van der Waals surface area contributed by atoms with Gasteiger partial charge in [-0.15, -0.1) is 0 Å². The van der Waals surface area contributed by atoms with Crippen LogP contribution in [0, 0.1) is 17.6 Å². The van der Waals surface area contributed by atoms with Gasteiger partial charge in [-0.05, 0) is 32.4 Å². The number of nitrogens with zero attached hydrogens (tertiary/aromatic N) is 1. The van der Waals surface area contributed by atoms with Crippen molar-refractivity contribution in [2.24, 2.45) is 5.92 Å². The maximum absolute atomic E-state index is 14.1. The van der Waals surface area contributed by atoms with E-state index in [4.69, 9.17) is 4.74 Å². The van der Waals surface area contributed by atoms with Crippen molar-refractivity contribution in [1.82, 2.24) is 4.90 Å². The Balaban J connectivity index is 2.36. The third-order valence-electron chi connectivity index (χ3n) is 4.13. The molecular weight excluding hydrogens is 276 g/mol. The zero-order valence-electron chi connectivity index (χ0n) is 12.8. The Morgan fingerprint density at radius 2 is 1.95 bits per heavy atom. The zero-order valence-corrected chi connectivity index (χ0v) is 12.8. The summed E-state index contributed by atoms with van der Waals surface area (Å²) in [5, 5.41) is 0. The van der Waals surface area contributed by atoms with Crippen LogP contribution in [0.25, 0.3) is 0 Å². The minimum Gasteiger partial charge on any atom is -0.469 e. The highest BCUT2D eigenvalue weighted by molar-refractivity contribution is 5.74. The van der Waals surface area contributed by atoms with E-state index in [9.17, 15) is 13.6 Å². The second-order valence-electron chi connectivity index (χ2n) is 6.48. The standard InChI is InChI=1S/C16H21F2NO2/c1-16(2,3)19-8-12(13(9-19)15(20)21-4)11-6-5-10(17)7-14(11)18/h5-7,12-13H,8-9H2,1-4H3/t12-,13-/m0/s1. The number of hydrogen-bond acceptors (Lipinski definition) is 3. The average molecular weight is 297 g/mol. The quantitative estimate of drug-likeness (QED) is 0.786. The highest BCUT2D eigenvalue weighted by atomic mass is 19.1. The maximum Gasteiger partial charge on any atom is 0.310 e. The van der Waals surface area contributed by atoms with Crippen LogP contribution < -0.4 is 0 Å². The predicted molar refractivity (Wildman–Crippen MR) is 75.9 cm³/mol. The van der Waals surface area contributed by atoms with E-state index in [-0.39, 0.29) is 17.4 Å². The maximum atomic E-state index is 14.1. The van der Waals surface area contributed by atoms with Crippen LogP contribution in [-0.2, 0) is 9.53 Å². The summed E-state index contributed by atoms with van der Waals surface area (Å²) in [5.74, 6) is -2.33. The number of halogens is 2. The van der Waals surface area contributed by atoms with Crippen LogP contribution in [0.5, 0.6) is 0 Å². The zero-order chi connectivity index (χ0) is 15.8. The first-order valence-electron chi connectivity index (χ1n) is 7.02. The summed E-state index contributed by atoms with van der Waals surface area (Å²) in [6.45, 7) is 7.20. The lowest BCUT2D eigenvalue weighted by molar-refractivity contribution is -0.145. The predicted octanol–water partition coefficient (Wildman–Crippen LogP) is 2.95. The first-order valence-corrected chi connectivity index (χ1v) is 7.02. The number of likely N-dealkylation sites (tertiary alicyclic amines) is 1. The third-order valence-corrected chi connectivity index (χ3v) is 4.13. The molecule has 0 radical (unpaired) electrons. The molecule has 0 saturated carbocycles. The van der Waals surface area contributed by atoms with E-state index < -0.39 is 17.6 Å². The van der Waals surface area contributed by atoms with E-state index in [1.165, 1.54) is 19.2 Å². The van der Waals surface area contributed by atoms with Gasteiger partial charge in [-0.1, -0.05) is 6.07 Å². The lowest BCUT2D eigenvalue weighted by atomic mass is 9.88. The van der Waals surface area contributed by atoms with Gasteiger partial charge >= 0.3 is 5.97 Å². The van der Waals surface area contributed by atoms with Gasteiger partial charge in [0.1, 0.15) is 11.6 Å². The number of rotatable bonds is 2. The molecule has 0 spiro atoms. The van der Waals surface area contributed by atoms with Gasteiger partial charge in [0.05, 0.1) is 13.0 Å². The summed E-state index contributed by atoms with van der Waals surface area (Å²) in [6, 6.07) is 3.52. The molecule has 1 aliphatic heterocycles. The van der Waals surface area contributed by atoms with E-state index in [1.807, 2.05) is 20.8 Å². The smallest absolute Gasteiger partial charge is 0.310 e. The molecular formula is C16H21F2NO2. The van der Waals surface area contributed by atoms with Crippen molar-refractivity contribution >= 4 is 5.97 Å². The fraction of sp³-hybridized carbons (Fsp3) is 0.562. The molecule has 0 amide bonds. The van der Waals surface area contributed by atoms with Gasteiger partial charge in [0.25, 0.3) is 0 Å². The second-order valence-corrected chi connectivity index (χ2v) is 6.48. The molecule has 1 saturated heterocycles. The van der Waals surface area contributed by atoms with Gasteiger partial charge in [0.2, 0.25) is 0 Å². The van der Waals surface area contributed by atoms with Gasteiger partial charge in [-0.3, -0.25) is 9.69 Å². The van der Waals surface area contributed by atoms with Crippen molar-refractivity contribution in [1.29, 1.82) is 0 Å². The molecule has 1 fully saturated rings. The molecule has 5 heteroatoms. The number of carbonyl (C=O) groups excluding carboxylic acids is 1. The molecule has 0 unspecified atom stereocenters. The van der Waals surface area contributed by atoms with Gasteiger partial charge in [0.15, 0.2) is 0 Å². The van der Waals surface area contributed by atoms with Gasteiger partial charge < -0.3 is 4.74 Å². The Bertz CT molecular complexity index is 540. The highest BCUT2D eigenvalue weighted by Crippen LogP contribution is 2.37. The van der Waals surface area contributed by atoms with Crippen LogP contribution in [0.1, 0.15) is 32.3 Å². The number of methoxy groups -OCH3 is 1. The second kappa shape index (κ2) is 5.72. The molecule has 21 heavy (non-hydrogen) atoms. The summed E-state index contributed by atoms with van der Waals surface area (Å²) in [7, 11) is 1.33. The highest BCUT2D eigenvalue weighted by Gasteiger charge is 2.43. The largest absolute Gasteiger partial charge is 0.469 e. The molecule has 2 rings (SSSR count). The fourth-order valence-electron chi connectivity index (χ4n) is 2.86. The first-order chi connectivity index (χ1) is 9.74. The van der Waals surface area contributed by atoms with Crippen LogP contribution in [0.2, 0.25) is 0 Å². The summed E-state index contributed by atoms with van der Waals surface area (Å²) in [6.07, 6.45) is 0. The number of hydrogen-bond donors (Lipinski definition) is 0. The Kier molecular flexibility index (Phi) is 4.33. The van der Waals surface area contributed by atoms with Gasteiger partial charge in [0, 0.05) is 30.6 Å². The molecule has 116 valence electrons. The number of esters is 1. The van der Waals surface area contributed by atoms with Crippen molar-refractivity contribution in [3.63, 3.8) is 0 Å². The number of carbonyl (C=O) groups is 1. The van der Waals surface area contributed by atoms with Crippen molar-refractivity contribution in [3.05, 3.63) is 35.4 Å². The monoisotopic (exact) mass is 297 g/mol. The first kappa shape index (κ1) is 15.9. The molecule has 1 aliphatic rings. The topological polar surface area (TPSA) is 29.5 Å². The van der Waals surface area contributed by atoms with E-state index in [1.54, 1.807) is 0 Å². The SMILES string of the molecule is COC(=O)[C@H]1CN(C(C)(C)C)C[C@H]1c1ccc(F)cc1F. The Morgan fingerprint density at radius 1 is 1.29 bits per heavy atom. The van der Waals surface area contributed by atoms with Crippen LogP contribution >= 0.6 is 0 Å². The molecule has 1 heterocycles. The van der Waals surface area contributed by atoms with Crippen molar-refractivity contribution < 1.29 is 18.3 Å². The minimum atomic E-state index is -0.614. The molecule has 2 atom stereocenters. The van der Waals surface area contributed by atoms with Crippen LogP contribution in [0.3, 0.4) is 0 Å². The van der Waals surface area contributed by atoms with E-state index in [0.717, 1.165) is 6.07 Å². The molecule has 0 aromatic heterocycles. The van der Waals surface area contributed by atoms with E-state index in [2.05, 4.69) is 4.90 Å². The van der Waals surface area contributed by atoms with E-state index >= 15 is 0 Å². The fourth-order valence-corrected chi connectivity index (χ4v) is 2.86. The van der Waals surface area contributed by atoms with Crippen LogP contribution in [0.4, 0.5) is 8.78 Å². The summed E-state index contributed by atoms with van der Waals surface area (Å²) in [5.41, 5.74) is 0.246. The number of benzene rings is 1. The molecule has 1 aromatic rings. The number of ether oxygens (including phenoxy) is 1.